The van der Waals surface area contributed by atoms with Crippen molar-refractivity contribution < 1.29 is 19.1 Å². The van der Waals surface area contributed by atoms with Crippen LogP contribution in [0.2, 0.25) is 10.0 Å². The zero-order chi connectivity index (χ0) is 21.1. The third kappa shape index (κ3) is 4.34. The van der Waals surface area contributed by atoms with Crippen LogP contribution in [0.4, 0.5) is 5.69 Å². The van der Waals surface area contributed by atoms with E-state index in [-0.39, 0.29) is 6.61 Å². The number of amides is 1. The van der Waals surface area contributed by atoms with E-state index in [2.05, 4.69) is 26.0 Å². The van der Waals surface area contributed by atoms with Gasteiger partial charge in [0.15, 0.2) is 0 Å². The quantitative estimate of drug-likeness (QED) is 0.350. The third-order valence-corrected chi connectivity index (χ3v) is 5.62. The molecule has 0 spiro atoms. The second-order valence-electron chi connectivity index (χ2n) is 5.97. The van der Waals surface area contributed by atoms with Gasteiger partial charge < -0.3 is 14.8 Å². The van der Waals surface area contributed by atoms with Gasteiger partial charge in [0, 0.05) is 16.6 Å². The predicted octanol–water partition coefficient (Wildman–Crippen LogP) is 6.09. The second-order valence-corrected chi connectivity index (χ2v) is 7.58. The van der Waals surface area contributed by atoms with E-state index in [4.69, 9.17) is 27.9 Å². The molecule has 8 heteroatoms. The first-order valence-electron chi connectivity index (χ1n) is 8.60. The molecule has 3 aromatic rings. The summed E-state index contributed by atoms with van der Waals surface area (Å²) in [4.78, 5) is 23.4. The smallest absolute Gasteiger partial charge is 0.397 e. The zero-order valence-electron chi connectivity index (χ0n) is 15.5. The van der Waals surface area contributed by atoms with E-state index in [1.807, 2.05) is 30.3 Å². The monoisotopic (exact) mass is 495 g/mol. The van der Waals surface area contributed by atoms with Gasteiger partial charge in [0.2, 0.25) is 0 Å². The van der Waals surface area contributed by atoms with E-state index in [9.17, 15) is 9.59 Å². The molecule has 0 heterocycles. The number of halogens is 3. The topological polar surface area (TPSA) is 64.6 Å². The fraction of sp³-hybridized carbons (Fsp3) is 0.143. The van der Waals surface area contributed by atoms with Crippen molar-refractivity contribution in [3.8, 4) is 16.9 Å². The number of methoxy groups -OCH3 is 1. The van der Waals surface area contributed by atoms with E-state index in [1.54, 1.807) is 14.0 Å². The lowest BCUT2D eigenvalue weighted by molar-refractivity contribution is -0.152. The van der Waals surface area contributed by atoms with Crippen LogP contribution in [0.1, 0.15) is 6.92 Å². The summed E-state index contributed by atoms with van der Waals surface area (Å²) in [5, 5.41) is 4.96. The molecule has 3 rings (SSSR count). The van der Waals surface area contributed by atoms with Crippen LogP contribution >= 0.6 is 39.1 Å². The molecule has 0 aliphatic heterocycles. The Balaban J connectivity index is 2.06. The standard InChI is InChI=1S/C21H16BrCl2NO4/c1-3-29-21(27)20(26)25-11-9-15(23)18(16(24)10-11)13-5-4-6-14-12(13)7-8-17(28-2)19(14)22/h4-10H,3H2,1-2H3,(H,25,26). The summed E-state index contributed by atoms with van der Waals surface area (Å²) < 4.78 is 10.9. The van der Waals surface area contributed by atoms with Gasteiger partial charge >= 0.3 is 11.9 Å². The highest BCUT2D eigenvalue weighted by molar-refractivity contribution is 9.10. The molecule has 0 unspecified atom stereocenters. The minimum Gasteiger partial charge on any atom is -0.496 e. The molecule has 0 radical (unpaired) electrons. The molecule has 0 saturated heterocycles. The number of rotatable bonds is 4. The van der Waals surface area contributed by atoms with Crippen molar-refractivity contribution in [1.29, 1.82) is 0 Å². The molecule has 0 saturated carbocycles. The van der Waals surface area contributed by atoms with Gasteiger partial charge in [0.25, 0.3) is 0 Å². The maximum absolute atomic E-state index is 11.9. The van der Waals surface area contributed by atoms with Crippen LogP contribution in [0.15, 0.2) is 46.9 Å². The molecule has 1 amide bonds. The summed E-state index contributed by atoms with van der Waals surface area (Å²) in [5.74, 6) is -1.16. The van der Waals surface area contributed by atoms with E-state index in [1.165, 1.54) is 12.1 Å². The highest BCUT2D eigenvalue weighted by Crippen LogP contribution is 2.43. The molecule has 0 fully saturated rings. The lowest BCUT2D eigenvalue weighted by Crippen LogP contribution is -2.25. The number of esters is 1. The second kappa shape index (κ2) is 9.03. The van der Waals surface area contributed by atoms with Crippen molar-refractivity contribution in [2.24, 2.45) is 0 Å². The highest BCUT2D eigenvalue weighted by atomic mass is 79.9. The van der Waals surface area contributed by atoms with Crippen LogP contribution in [-0.2, 0) is 14.3 Å². The zero-order valence-corrected chi connectivity index (χ0v) is 18.6. The summed E-state index contributed by atoms with van der Waals surface area (Å²) in [6.45, 7) is 1.72. The molecule has 150 valence electrons. The molecule has 0 atom stereocenters. The van der Waals surface area contributed by atoms with Crippen LogP contribution < -0.4 is 10.1 Å². The van der Waals surface area contributed by atoms with E-state index >= 15 is 0 Å². The molecular formula is C21H16BrCl2NO4. The van der Waals surface area contributed by atoms with Crippen molar-refractivity contribution in [2.75, 3.05) is 19.0 Å². The van der Waals surface area contributed by atoms with E-state index in [0.29, 0.717) is 27.0 Å². The number of anilines is 1. The maximum atomic E-state index is 11.9. The van der Waals surface area contributed by atoms with Gasteiger partial charge in [-0.05, 0) is 58.1 Å². The van der Waals surface area contributed by atoms with Crippen LogP contribution in [0.5, 0.6) is 5.75 Å². The summed E-state index contributed by atoms with van der Waals surface area (Å²) in [6.07, 6.45) is 0. The Labute approximate surface area is 186 Å². The molecular weight excluding hydrogens is 481 g/mol. The van der Waals surface area contributed by atoms with Crippen molar-refractivity contribution in [3.63, 3.8) is 0 Å². The first-order chi connectivity index (χ1) is 13.9. The Morgan fingerprint density at radius 2 is 1.76 bits per heavy atom. The fourth-order valence-electron chi connectivity index (χ4n) is 2.96. The van der Waals surface area contributed by atoms with Crippen molar-refractivity contribution >= 4 is 67.5 Å². The SMILES string of the molecule is CCOC(=O)C(=O)Nc1cc(Cl)c(-c2cccc3c(Br)c(OC)ccc23)c(Cl)c1. The number of hydrogen-bond donors (Lipinski definition) is 1. The van der Waals surface area contributed by atoms with Gasteiger partial charge in [-0.15, -0.1) is 0 Å². The maximum Gasteiger partial charge on any atom is 0.397 e. The molecule has 0 aliphatic rings. The Morgan fingerprint density at radius 3 is 2.38 bits per heavy atom. The summed E-state index contributed by atoms with van der Waals surface area (Å²) in [6, 6.07) is 12.6. The fourth-order valence-corrected chi connectivity index (χ4v) is 4.29. The largest absolute Gasteiger partial charge is 0.496 e. The molecule has 29 heavy (non-hydrogen) atoms. The third-order valence-electron chi connectivity index (χ3n) is 4.21. The number of nitrogens with one attached hydrogen (secondary N) is 1. The summed E-state index contributed by atoms with van der Waals surface area (Å²) >= 11 is 16.6. The number of ether oxygens (including phenoxy) is 2. The predicted molar refractivity (Wildman–Crippen MR) is 119 cm³/mol. The normalized spacial score (nSPS) is 10.7. The van der Waals surface area contributed by atoms with Gasteiger partial charge in [0.1, 0.15) is 5.75 Å². The van der Waals surface area contributed by atoms with E-state index in [0.717, 1.165) is 20.8 Å². The number of carbonyl (C=O) groups excluding carboxylic acids is 2. The van der Waals surface area contributed by atoms with Crippen molar-refractivity contribution in [1.82, 2.24) is 0 Å². The molecule has 0 bridgehead atoms. The minimum absolute atomic E-state index is 0.105. The van der Waals surface area contributed by atoms with Gasteiger partial charge in [-0.3, -0.25) is 4.79 Å². The molecule has 3 aromatic carbocycles. The Hall–Kier alpha value is -2.28. The van der Waals surface area contributed by atoms with Gasteiger partial charge in [-0.2, -0.15) is 0 Å². The molecule has 5 nitrogen and oxygen atoms in total. The van der Waals surface area contributed by atoms with Crippen LogP contribution in [0.3, 0.4) is 0 Å². The van der Waals surface area contributed by atoms with Gasteiger partial charge in [-0.25, -0.2) is 4.79 Å². The Kier molecular flexibility index (Phi) is 6.67. The Bertz CT molecular complexity index is 1090. The summed E-state index contributed by atoms with van der Waals surface area (Å²) in [7, 11) is 1.60. The Morgan fingerprint density at radius 1 is 1.07 bits per heavy atom. The minimum atomic E-state index is -0.975. The highest BCUT2D eigenvalue weighted by Gasteiger charge is 2.19. The average molecular weight is 497 g/mol. The average Bonchev–Trinajstić information content (AvgIpc) is 2.68. The van der Waals surface area contributed by atoms with Crippen LogP contribution in [-0.4, -0.2) is 25.6 Å². The number of carbonyl (C=O) groups is 2. The summed E-state index contributed by atoms with van der Waals surface area (Å²) in [5.41, 5.74) is 1.74. The number of hydrogen-bond acceptors (Lipinski definition) is 4. The van der Waals surface area contributed by atoms with Crippen molar-refractivity contribution in [2.45, 2.75) is 6.92 Å². The van der Waals surface area contributed by atoms with Crippen molar-refractivity contribution in [3.05, 3.63) is 57.0 Å². The number of benzene rings is 3. The first-order valence-corrected chi connectivity index (χ1v) is 10.1. The lowest BCUT2D eigenvalue weighted by Gasteiger charge is -2.15. The molecule has 1 N–H and O–H groups in total. The molecule has 0 aliphatic carbocycles. The van der Waals surface area contributed by atoms with Crippen LogP contribution in [0, 0.1) is 0 Å². The number of fused-ring (bicyclic) bond motifs is 1. The first kappa shape index (κ1) is 21.4. The van der Waals surface area contributed by atoms with Crippen LogP contribution in [0.25, 0.3) is 21.9 Å². The van der Waals surface area contributed by atoms with Gasteiger partial charge in [0.05, 0.1) is 28.2 Å². The van der Waals surface area contributed by atoms with E-state index < -0.39 is 11.9 Å². The lowest BCUT2D eigenvalue weighted by atomic mass is 9.97. The van der Waals surface area contributed by atoms with Gasteiger partial charge in [-0.1, -0.05) is 41.4 Å². The molecule has 0 aromatic heterocycles.